The van der Waals surface area contributed by atoms with Crippen LogP contribution in [0.15, 0.2) is 24.3 Å². The van der Waals surface area contributed by atoms with Crippen molar-refractivity contribution in [3.05, 3.63) is 35.4 Å². The molecule has 0 radical (unpaired) electrons. The van der Waals surface area contributed by atoms with Gasteiger partial charge in [-0.3, -0.25) is 4.79 Å². The van der Waals surface area contributed by atoms with Crippen LogP contribution in [0, 0.1) is 0 Å². The van der Waals surface area contributed by atoms with Crippen molar-refractivity contribution in [3.63, 3.8) is 0 Å². The molecule has 0 aromatic heterocycles. The summed E-state index contributed by atoms with van der Waals surface area (Å²) in [6.07, 6.45) is 15.0. The monoisotopic (exact) mass is 318 g/mol. The van der Waals surface area contributed by atoms with Crippen molar-refractivity contribution in [1.82, 2.24) is 0 Å². The van der Waals surface area contributed by atoms with E-state index in [-0.39, 0.29) is 5.97 Å². The summed E-state index contributed by atoms with van der Waals surface area (Å²) in [4.78, 5) is 11.5. The molecule has 0 saturated carbocycles. The molecule has 0 aliphatic rings. The fourth-order valence-corrected chi connectivity index (χ4v) is 3.00. The van der Waals surface area contributed by atoms with E-state index in [1.54, 1.807) is 0 Å². The SMILES string of the molecule is CCCCCCCCCCCCc1ccccc1CC(=O)OC. The second-order valence-corrected chi connectivity index (χ2v) is 6.45. The van der Waals surface area contributed by atoms with E-state index in [2.05, 4.69) is 19.1 Å². The van der Waals surface area contributed by atoms with E-state index >= 15 is 0 Å². The van der Waals surface area contributed by atoms with Gasteiger partial charge in [0, 0.05) is 0 Å². The number of esters is 1. The predicted molar refractivity (Wildman–Crippen MR) is 97.7 cm³/mol. The molecular formula is C21H34O2. The van der Waals surface area contributed by atoms with Gasteiger partial charge in [0.2, 0.25) is 0 Å². The average molecular weight is 319 g/mol. The molecule has 2 nitrogen and oxygen atoms in total. The van der Waals surface area contributed by atoms with Crippen LogP contribution in [0.25, 0.3) is 0 Å². The van der Waals surface area contributed by atoms with E-state index in [1.807, 2.05) is 12.1 Å². The number of carbonyl (C=O) groups is 1. The maximum absolute atomic E-state index is 11.5. The Morgan fingerprint density at radius 3 is 1.91 bits per heavy atom. The van der Waals surface area contributed by atoms with Crippen molar-refractivity contribution >= 4 is 5.97 Å². The highest BCUT2D eigenvalue weighted by Crippen LogP contribution is 2.16. The van der Waals surface area contributed by atoms with Gasteiger partial charge in [-0.1, -0.05) is 89.0 Å². The van der Waals surface area contributed by atoms with Gasteiger partial charge in [-0.2, -0.15) is 0 Å². The minimum atomic E-state index is -0.152. The molecule has 0 heterocycles. The van der Waals surface area contributed by atoms with Crippen molar-refractivity contribution in [1.29, 1.82) is 0 Å². The third-order valence-electron chi connectivity index (χ3n) is 4.48. The molecule has 2 heteroatoms. The van der Waals surface area contributed by atoms with Gasteiger partial charge in [-0.15, -0.1) is 0 Å². The first-order valence-electron chi connectivity index (χ1n) is 9.41. The molecule has 0 fully saturated rings. The number of rotatable bonds is 13. The lowest BCUT2D eigenvalue weighted by atomic mass is 9.98. The first-order valence-corrected chi connectivity index (χ1v) is 9.41. The standard InChI is InChI=1S/C21H34O2/c1-3-4-5-6-7-8-9-10-11-12-15-19-16-13-14-17-20(19)18-21(22)23-2/h13-14,16-17H,3-12,15,18H2,1-2H3. The Morgan fingerprint density at radius 1 is 0.826 bits per heavy atom. The van der Waals surface area contributed by atoms with Gasteiger partial charge in [-0.25, -0.2) is 0 Å². The van der Waals surface area contributed by atoms with Crippen LogP contribution in [0.2, 0.25) is 0 Å². The molecule has 1 rings (SSSR count). The van der Waals surface area contributed by atoms with Gasteiger partial charge >= 0.3 is 5.97 Å². The molecule has 0 atom stereocenters. The number of hydrogen-bond donors (Lipinski definition) is 0. The second kappa shape index (κ2) is 13.2. The molecular weight excluding hydrogens is 284 g/mol. The third-order valence-corrected chi connectivity index (χ3v) is 4.48. The van der Waals surface area contributed by atoms with Crippen LogP contribution < -0.4 is 0 Å². The number of hydrogen-bond acceptors (Lipinski definition) is 2. The third kappa shape index (κ3) is 9.43. The number of unbranched alkanes of at least 4 members (excludes halogenated alkanes) is 9. The van der Waals surface area contributed by atoms with Crippen molar-refractivity contribution in [2.75, 3.05) is 7.11 Å². The zero-order valence-corrected chi connectivity index (χ0v) is 15.1. The maximum atomic E-state index is 11.5. The van der Waals surface area contributed by atoms with Crippen LogP contribution in [0.1, 0.15) is 82.3 Å². The first kappa shape index (κ1) is 19.7. The highest BCUT2D eigenvalue weighted by atomic mass is 16.5. The molecule has 0 N–H and O–H groups in total. The van der Waals surface area contributed by atoms with E-state index in [0.717, 1.165) is 12.0 Å². The Kier molecular flexibility index (Phi) is 11.3. The van der Waals surface area contributed by atoms with Crippen LogP contribution in [-0.2, 0) is 22.4 Å². The molecule has 0 aliphatic heterocycles. The van der Waals surface area contributed by atoms with E-state index in [9.17, 15) is 4.79 Å². The highest BCUT2D eigenvalue weighted by Gasteiger charge is 2.07. The van der Waals surface area contributed by atoms with Crippen molar-refractivity contribution in [2.24, 2.45) is 0 Å². The van der Waals surface area contributed by atoms with Gasteiger partial charge in [0.15, 0.2) is 0 Å². The summed E-state index contributed by atoms with van der Waals surface area (Å²) in [5.74, 6) is -0.152. The summed E-state index contributed by atoms with van der Waals surface area (Å²) >= 11 is 0. The Labute approximate surface area is 142 Å². The van der Waals surface area contributed by atoms with Crippen LogP contribution in [0.4, 0.5) is 0 Å². The van der Waals surface area contributed by atoms with E-state index < -0.39 is 0 Å². The molecule has 1 aromatic rings. The Balaban J connectivity index is 2.13. The van der Waals surface area contributed by atoms with Crippen LogP contribution in [0.3, 0.4) is 0 Å². The number of aryl methyl sites for hydroxylation is 1. The number of ether oxygens (including phenoxy) is 1. The summed E-state index contributed by atoms with van der Waals surface area (Å²) in [7, 11) is 1.45. The number of benzene rings is 1. The number of methoxy groups -OCH3 is 1. The molecule has 0 spiro atoms. The van der Waals surface area contributed by atoms with Gasteiger partial charge in [0.1, 0.15) is 0 Å². The Bertz CT molecular complexity index is 426. The summed E-state index contributed by atoms with van der Waals surface area (Å²) in [5, 5.41) is 0. The molecule has 23 heavy (non-hydrogen) atoms. The minimum Gasteiger partial charge on any atom is -0.469 e. The molecule has 1 aromatic carbocycles. The van der Waals surface area contributed by atoms with Crippen LogP contribution >= 0.6 is 0 Å². The molecule has 0 unspecified atom stereocenters. The van der Waals surface area contributed by atoms with E-state index in [4.69, 9.17) is 4.74 Å². The van der Waals surface area contributed by atoms with Gasteiger partial charge in [0.25, 0.3) is 0 Å². The van der Waals surface area contributed by atoms with Gasteiger partial charge < -0.3 is 4.74 Å². The maximum Gasteiger partial charge on any atom is 0.309 e. The normalized spacial score (nSPS) is 10.7. The fourth-order valence-electron chi connectivity index (χ4n) is 3.00. The topological polar surface area (TPSA) is 26.3 Å². The molecule has 0 aliphatic carbocycles. The average Bonchev–Trinajstić information content (AvgIpc) is 2.57. The largest absolute Gasteiger partial charge is 0.469 e. The van der Waals surface area contributed by atoms with E-state index in [0.29, 0.717) is 6.42 Å². The minimum absolute atomic E-state index is 0.152. The number of carbonyl (C=O) groups excluding carboxylic acids is 1. The lowest BCUT2D eigenvalue weighted by Gasteiger charge is -2.08. The Morgan fingerprint density at radius 2 is 1.35 bits per heavy atom. The highest BCUT2D eigenvalue weighted by molar-refractivity contribution is 5.72. The lowest BCUT2D eigenvalue weighted by molar-refractivity contribution is -0.139. The van der Waals surface area contributed by atoms with Crippen molar-refractivity contribution < 1.29 is 9.53 Å². The summed E-state index contributed by atoms with van der Waals surface area (Å²) in [6, 6.07) is 8.25. The second-order valence-electron chi connectivity index (χ2n) is 6.45. The van der Waals surface area contributed by atoms with Gasteiger partial charge in [-0.05, 0) is 24.0 Å². The lowest BCUT2D eigenvalue weighted by Crippen LogP contribution is -2.06. The summed E-state index contributed by atoms with van der Waals surface area (Å²) in [5.41, 5.74) is 2.42. The molecule has 0 saturated heterocycles. The smallest absolute Gasteiger partial charge is 0.309 e. The zero-order valence-electron chi connectivity index (χ0n) is 15.1. The Hall–Kier alpha value is -1.31. The van der Waals surface area contributed by atoms with Crippen LogP contribution in [0.5, 0.6) is 0 Å². The summed E-state index contributed by atoms with van der Waals surface area (Å²) < 4.78 is 4.78. The zero-order chi connectivity index (χ0) is 16.8. The summed E-state index contributed by atoms with van der Waals surface area (Å²) in [6.45, 7) is 2.27. The van der Waals surface area contributed by atoms with Gasteiger partial charge in [0.05, 0.1) is 13.5 Å². The molecule has 130 valence electrons. The van der Waals surface area contributed by atoms with Crippen molar-refractivity contribution in [3.8, 4) is 0 Å². The molecule has 0 bridgehead atoms. The fraction of sp³-hybridized carbons (Fsp3) is 0.667. The van der Waals surface area contributed by atoms with Crippen LogP contribution in [-0.4, -0.2) is 13.1 Å². The predicted octanol–water partition coefficient (Wildman–Crippen LogP) is 5.87. The quantitative estimate of drug-likeness (QED) is 0.336. The van der Waals surface area contributed by atoms with E-state index in [1.165, 1.54) is 76.9 Å². The molecule has 0 amide bonds. The van der Waals surface area contributed by atoms with Crippen molar-refractivity contribution in [2.45, 2.75) is 84.0 Å². The first-order chi connectivity index (χ1) is 11.3.